The highest BCUT2D eigenvalue weighted by Crippen LogP contribution is 2.50. The smallest absolute Gasteiger partial charge is 0.305 e. The van der Waals surface area contributed by atoms with E-state index in [1.54, 1.807) is 6.92 Å². The van der Waals surface area contributed by atoms with Gasteiger partial charge >= 0.3 is 5.97 Å². The van der Waals surface area contributed by atoms with Crippen LogP contribution in [-0.4, -0.2) is 11.1 Å². The van der Waals surface area contributed by atoms with Crippen LogP contribution in [0.4, 0.5) is 4.39 Å². The van der Waals surface area contributed by atoms with Gasteiger partial charge < -0.3 is 10.8 Å². The van der Waals surface area contributed by atoms with Crippen molar-refractivity contribution in [2.75, 3.05) is 0 Å². The number of carbonyl (C=O) groups is 1. The number of nitrogens with two attached hydrogens (primary N) is 1. The van der Waals surface area contributed by atoms with E-state index in [4.69, 9.17) is 10.8 Å². The topological polar surface area (TPSA) is 63.3 Å². The van der Waals surface area contributed by atoms with Crippen molar-refractivity contribution in [3.05, 3.63) is 57.9 Å². The first-order valence-corrected chi connectivity index (χ1v) is 8.68. The van der Waals surface area contributed by atoms with Gasteiger partial charge in [-0.3, -0.25) is 4.79 Å². The molecule has 3 nitrogen and oxygen atoms in total. The predicted octanol–water partition coefficient (Wildman–Crippen LogP) is 4.77. The molecule has 0 aromatic heterocycles. The minimum absolute atomic E-state index is 0.264. The van der Waals surface area contributed by atoms with Crippen LogP contribution in [0.25, 0.3) is 11.1 Å². The molecule has 1 saturated carbocycles. The van der Waals surface area contributed by atoms with Crippen LogP contribution in [0, 0.1) is 26.6 Å². The minimum Gasteiger partial charge on any atom is -0.481 e. The molecule has 0 radical (unpaired) electrons. The summed E-state index contributed by atoms with van der Waals surface area (Å²) in [6.45, 7) is 5.71. The third-order valence-corrected chi connectivity index (χ3v) is 5.15. The number of hydrogen-bond acceptors (Lipinski definition) is 2. The first kappa shape index (κ1) is 17.6. The van der Waals surface area contributed by atoms with Gasteiger partial charge in [-0.15, -0.1) is 0 Å². The Bertz CT molecular complexity index is 823. The molecule has 25 heavy (non-hydrogen) atoms. The van der Waals surface area contributed by atoms with Gasteiger partial charge in [0.1, 0.15) is 5.82 Å². The lowest BCUT2D eigenvalue weighted by Gasteiger charge is -2.24. The van der Waals surface area contributed by atoms with Gasteiger partial charge in [-0.25, -0.2) is 4.39 Å². The largest absolute Gasteiger partial charge is 0.481 e. The lowest BCUT2D eigenvalue weighted by atomic mass is 9.83. The number of aryl methyl sites for hydroxylation is 1. The number of hydrogen-bond donors (Lipinski definition) is 2. The monoisotopic (exact) mass is 341 g/mol. The van der Waals surface area contributed by atoms with Crippen molar-refractivity contribution in [2.45, 2.75) is 52.0 Å². The lowest BCUT2D eigenvalue weighted by molar-refractivity contribution is -0.137. The normalized spacial score (nSPS) is 15.2. The Kier molecular flexibility index (Phi) is 4.65. The van der Waals surface area contributed by atoms with Crippen LogP contribution in [0.2, 0.25) is 0 Å². The summed E-state index contributed by atoms with van der Waals surface area (Å²) in [6.07, 6.45) is 1.72. The van der Waals surface area contributed by atoms with Crippen LogP contribution in [0.1, 0.15) is 59.0 Å². The fourth-order valence-electron chi connectivity index (χ4n) is 3.55. The molecule has 3 N–H and O–H groups in total. The summed E-state index contributed by atoms with van der Waals surface area (Å²) in [5, 5.41) is 9.12. The number of halogens is 1. The van der Waals surface area contributed by atoms with Crippen LogP contribution < -0.4 is 5.73 Å². The number of aliphatic carboxylic acids is 1. The molecule has 1 atom stereocenters. The SMILES string of the molecule is Cc1ccc(-c2c(C)c(C)c(F)c(C(N)CC(=O)O)c2C2CC2)cc1. The fourth-order valence-corrected chi connectivity index (χ4v) is 3.55. The lowest BCUT2D eigenvalue weighted by Crippen LogP contribution is -2.20. The summed E-state index contributed by atoms with van der Waals surface area (Å²) < 4.78 is 15.1. The molecule has 132 valence electrons. The quantitative estimate of drug-likeness (QED) is 0.823. The third-order valence-electron chi connectivity index (χ3n) is 5.15. The average Bonchev–Trinajstić information content (AvgIpc) is 3.37. The van der Waals surface area contributed by atoms with Gasteiger partial charge in [-0.2, -0.15) is 0 Å². The molecular weight excluding hydrogens is 317 g/mol. The van der Waals surface area contributed by atoms with Gasteiger partial charge in [-0.05, 0) is 67.3 Å². The third kappa shape index (κ3) is 3.31. The molecule has 1 unspecified atom stereocenters. The van der Waals surface area contributed by atoms with Crippen LogP contribution in [0.3, 0.4) is 0 Å². The molecule has 3 rings (SSSR count). The maximum Gasteiger partial charge on any atom is 0.305 e. The van der Waals surface area contributed by atoms with E-state index in [1.807, 2.05) is 38.1 Å². The van der Waals surface area contributed by atoms with Gasteiger partial charge in [0.25, 0.3) is 0 Å². The highest BCUT2D eigenvalue weighted by Gasteiger charge is 2.34. The molecule has 1 aliphatic carbocycles. The molecular formula is C21H24FNO2. The number of rotatable bonds is 5. The van der Waals surface area contributed by atoms with E-state index in [1.165, 1.54) is 0 Å². The van der Waals surface area contributed by atoms with E-state index in [2.05, 4.69) is 0 Å². The predicted molar refractivity (Wildman–Crippen MR) is 97.2 cm³/mol. The molecule has 1 fully saturated rings. The second kappa shape index (κ2) is 6.60. The zero-order chi connectivity index (χ0) is 18.3. The van der Waals surface area contributed by atoms with Crippen LogP contribution in [0.5, 0.6) is 0 Å². The Balaban J connectivity index is 2.28. The highest BCUT2D eigenvalue weighted by molar-refractivity contribution is 5.76. The first-order valence-electron chi connectivity index (χ1n) is 8.68. The van der Waals surface area contributed by atoms with Gasteiger partial charge in [-0.1, -0.05) is 29.8 Å². The summed E-state index contributed by atoms with van der Waals surface area (Å²) in [4.78, 5) is 11.1. The number of carboxylic acid groups (broad SMARTS) is 1. The van der Waals surface area contributed by atoms with Crippen LogP contribution in [-0.2, 0) is 4.79 Å². The summed E-state index contributed by atoms with van der Waals surface area (Å²) in [7, 11) is 0. The van der Waals surface area contributed by atoms with E-state index in [9.17, 15) is 4.79 Å². The van der Waals surface area contributed by atoms with Gasteiger partial charge in [0.15, 0.2) is 0 Å². The van der Waals surface area contributed by atoms with Crippen molar-refractivity contribution < 1.29 is 14.3 Å². The van der Waals surface area contributed by atoms with Crippen molar-refractivity contribution >= 4 is 5.97 Å². The van der Waals surface area contributed by atoms with Crippen LogP contribution in [0.15, 0.2) is 24.3 Å². The van der Waals surface area contributed by atoms with Gasteiger partial charge in [0, 0.05) is 11.6 Å². The van der Waals surface area contributed by atoms with E-state index in [-0.39, 0.29) is 18.2 Å². The molecule has 0 heterocycles. The summed E-state index contributed by atoms with van der Waals surface area (Å²) >= 11 is 0. The Morgan fingerprint density at radius 1 is 1.20 bits per heavy atom. The molecule has 0 saturated heterocycles. The molecule has 0 bridgehead atoms. The van der Waals surface area contributed by atoms with E-state index in [0.29, 0.717) is 11.1 Å². The Morgan fingerprint density at radius 2 is 1.80 bits per heavy atom. The molecule has 4 heteroatoms. The Hall–Kier alpha value is -2.20. The standard InChI is InChI=1S/C21H24FNO2/c1-11-4-6-14(7-5-11)18-12(2)13(3)21(22)20(16(23)10-17(24)25)19(18)15-8-9-15/h4-7,15-16H,8-10,23H2,1-3H3,(H,24,25). The summed E-state index contributed by atoms with van der Waals surface area (Å²) in [5.41, 5.74) is 12.1. The minimum atomic E-state index is -1.01. The molecule has 0 spiro atoms. The molecule has 0 amide bonds. The van der Waals surface area contributed by atoms with E-state index in [0.717, 1.165) is 40.7 Å². The fraction of sp³-hybridized carbons (Fsp3) is 0.381. The zero-order valence-corrected chi connectivity index (χ0v) is 14.9. The second-order valence-corrected chi connectivity index (χ2v) is 7.11. The molecule has 0 aliphatic heterocycles. The molecule has 1 aliphatic rings. The number of carboxylic acids is 1. The van der Waals surface area contributed by atoms with E-state index < -0.39 is 12.0 Å². The Labute approximate surface area is 147 Å². The molecule has 2 aromatic carbocycles. The maximum absolute atomic E-state index is 15.1. The van der Waals surface area contributed by atoms with Crippen LogP contribution >= 0.6 is 0 Å². The van der Waals surface area contributed by atoms with Crippen molar-refractivity contribution in [2.24, 2.45) is 5.73 Å². The zero-order valence-electron chi connectivity index (χ0n) is 14.9. The average molecular weight is 341 g/mol. The van der Waals surface area contributed by atoms with Gasteiger partial charge in [0.2, 0.25) is 0 Å². The Morgan fingerprint density at radius 3 is 2.32 bits per heavy atom. The molecule has 2 aromatic rings. The van der Waals surface area contributed by atoms with E-state index >= 15 is 4.39 Å². The second-order valence-electron chi connectivity index (χ2n) is 7.11. The summed E-state index contributed by atoms with van der Waals surface area (Å²) in [5.74, 6) is -1.09. The summed E-state index contributed by atoms with van der Waals surface area (Å²) in [6, 6.07) is 7.35. The van der Waals surface area contributed by atoms with Gasteiger partial charge in [0.05, 0.1) is 6.42 Å². The highest BCUT2D eigenvalue weighted by atomic mass is 19.1. The van der Waals surface area contributed by atoms with Crippen molar-refractivity contribution in [1.29, 1.82) is 0 Å². The first-order chi connectivity index (χ1) is 11.8. The van der Waals surface area contributed by atoms with Crippen molar-refractivity contribution in [3.63, 3.8) is 0 Å². The maximum atomic E-state index is 15.1. The van der Waals surface area contributed by atoms with Crippen molar-refractivity contribution in [1.82, 2.24) is 0 Å². The number of benzene rings is 2. The van der Waals surface area contributed by atoms with Crippen molar-refractivity contribution in [3.8, 4) is 11.1 Å².